The molecule has 180 valence electrons. The molecule has 0 aromatic carbocycles. The van der Waals surface area contributed by atoms with E-state index in [9.17, 15) is 4.79 Å². The van der Waals surface area contributed by atoms with Crippen LogP contribution >= 0.6 is 0 Å². The summed E-state index contributed by atoms with van der Waals surface area (Å²) < 4.78 is 0. The molecular formula is C30H44N2O. The maximum atomic E-state index is 13.2. The molecule has 3 nitrogen and oxygen atoms in total. The molecule has 1 saturated carbocycles. The molecule has 3 heteroatoms. The highest BCUT2D eigenvalue weighted by atomic mass is 16.2. The summed E-state index contributed by atoms with van der Waals surface area (Å²) in [4.78, 5) is 20.2. The van der Waals surface area contributed by atoms with E-state index in [1.165, 1.54) is 62.5 Å². The minimum atomic E-state index is 0.0642. The number of carbonyl (C=O) groups is 1. The first-order valence-corrected chi connectivity index (χ1v) is 13.9. The predicted molar refractivity (Wildman–Crippen MR) is 136 cm³/mol. The zero-order valence-electron chi connectivity index (χ0n) is 21.4. The first-order valence-electron chi connectivity index (χ1n) is 13.9. The highest BCUT2D eigenvalue weighted by molar-refractivity contribution is 5.78. The van der Waals surface area contributed by atoms with Crippen molar-refractivity contribution in [2.45, 2.75) is 104 Å². The van der Waals surface area contributed by atoms with Crippen LogP contribution in [0.5, 0.6) is 0 Å². The molecule has 0 bridgehead atoms. The van der Waals surface area contributed by atoms with E-state index in [1.54, 1.807) is 5.57 Å². The van der Waals surface area contributed by atoms with Gasteiger partial charge in [-0.1, -0.05) is 46.1 Å². The second kappa shape index (κ2) is 8.86. The standard InChI is InChI=1S/C30H44N2O/c1-5-7-10-22-20-32-27(33)11-8-9-15-30(32,4)26-14-16-29(3)24(12-13-25(29)28(22)26)23-17-21(6-2)18-31-19-23/h12,17-19,22,25-26,28H,5-11,13-16,20H2,1-4H3. The van der Waals surface area contributed by atoms with E-state index in [2.05, 4.69) is 55.9 Å². The van der Waals surface area contributed by atoms with Gasteiger partial charge in [0, 0.05) is 30.9 Å². The molecule has 2 aliphatic heterocycles. The number of pyridine rings is 1. The van der Waals surface area contributed by atoms with Gasteiger partial charge in [-0.15, -0.1) is 0 Å². The van der Waals surface area contributed by atoms with Crippen molar-refractivity contribution in [3.05, 3.63) is 35.7 Å². The first kappa shape index (κ1) is 23.1. The molecule has 1 amide bonds. The Kier molecular flexibility index (Phi) is 6.20. The second-order valence-corrected chi connectivity index (χ2v) is 12.0. The molecule has 0 N–H and O–H groups in total. The Balaban J connectivity index is 1.51. The number of rotatable bonds is 5. The van der Waals surface area contributed by atoms with Crippen LogP contribution in [0.4, 0.5) is 0 Å². The summed E-state index contributed by atoms with van der Waals surface area (Å²) in [6, 6.07) is 2.39. The third kappa shape index (κ3) is 3.69. The molecule has 3 heterocycles. The number of unbranched alkanes of at least 4 members (excludes halogenated alkanes) is 1. The number of hydrogen-bond acceptors (Lipinski definition) is 2. The number of nitrogens with zero attached hydrogens (tertiary/aromatic N) is 2. The Morgan fingerprint density at radius 3 is 2.76 bits per heavy atom. The lowest BCUT2D eigenvalue weighted by molar-refractivity contribution is -0.159. The van der Waals surface area contributed by atoms with Gasteiger partial charge in [-0.3, -0.25) is 9.78 Å². The molecule has 0 spiro atoms. The summed E-state index contributed by atoms with van der Waals surface area (Å²) in [6.07, 6.45) is 19.5. The van der Waals surface area contributed by atoms with Crippen LogP contribution in [0, 0.1) is 29.1 Å². The quantitative estimate of drug-likeness (QED) is 0.483. The van der Waals surface area contributed by atoms with Crippen molar-refractivity contribution in [1.29, 1.82) is 0 Å². The molecule has 33 heavy (non-hydrogen) atoms. The summed E-state index contributed by atoms with van der Waals surface area (Å²) in [5, 5.41) is 0. The molecule has 2 aliphatic carbocycles. The fourth-order valence-electron chi connectivity index (χ4n) is 8.54. The molecule has 1 aromatic rings. The fraction of sp³-hybridized carbons (Fsp3) is 0.733. The van der Waals surface area contributed by atoms with Gasteiger partial charge in [0.2, 0.25) is 5.91 Å². The third-order valence-electron chi connectivity index (χ3n) is 10.4. The average Bonchev–Trinajstić information content (AvgIpc) is 3.10. The van der Waals surface area contributed by atoms with Crippen LogP contribution in [0.1, 0.15) is 103 Å². The number of fused-ring (bicyclic) bond motifs is 5. The summed E-state index contributed by atoms with van der Waals surface area (Å²) in [6.45, 7) is 10.6. The molecule has 2 saturated heterocycles. The van der Waals surface area contributed by atoms with Gasteiger partial charge >= 0.3 is 0 Å². The summed E-state index contributed by atoms with van der Waals surface area (Å²) >= 11 is 0. The number of piperidine rings is 1. The molecule has 6 atom stereocenters. The van der Waals surface area contributed by atoms with Gasteiger partial charge in [0.1, 0.15) is 0 Å². The van der Waals surface area contributed by atoms with Gasteiger partial charge in [0.25, 0.3) is 0 Å². The van der Waals surface area contributed by atoms with Crippen LogP contribution in [-0.4, -0.2) is 27.9 Å². The topological polar surface area (TPSA) is 33.2 Å². The third-order valence-corrected chi connectivity index (χ3v) is 10.4. The van der Waals surface area contributed by atoms with Gasteiger partial charge in [0.15, 0.2) is 0 Å². The van der Waals surface area contributed by atoms with E-state index in [0.29, 0.717) is 23.7 Å². The molecule has 6 unspecified atom stereocenters. The minimum absolute atomic E-state index is 0.0642. The zero-order valence-corrected chi connectivity index (χ0v) is 21.4. The number of carbonyl (C=O) groups excluding carboxylic acids is 1. The van der Waals surface area contributed by atoms with Gasteiger partial charge < -0.3 is 4.90 Å². The number of allylic oxidation sites excluding steroid dienone is 2. The summed E-state index contributed by atoms with van der Waals surface area (Å²) in [5.41, 5.74) is 4.57. The summed E-state index contributed by atoms with van der Waals surface area (Å²) in [7, 11) is 0. The second-order valence-electron chi connectivity index (χ2n) is 12.0. The number of amides is 1. The monoisotopic (exact) mass is 448 g/mol. The molecule has 0 radical (unpaired) electrons. The van der Waals surface area contributed by atoms with Crippen LogP contribution in [0.25, 0.3) is 5.57 Å². The van der Waals surface area contributed by atoms with Crippen molar-refractivity contribution in [2.75, 3.05) is 6.54 Å². The average molecular weight is 449 g/mol. The highest BCUT2D eigenvalue weighted by Gasteiger charge is 2.60. The molecule has 5 rings (SSSR count). The predicted octanol–water partition coefficient (Wildman–Crippen LogP) is 7.06. The van der Waals surface area contributed by atoms with Crippen molar-refractivity contribution < 1.29 is 4.79 Å². The Hall–Kier alpha value is -1.64. The van der Waals surface area contributed by atoms with E-state index in [4.69, 9.17) is 0 Å². The molecule has 4 aliphatic rings. The van der Waals surface area contributed by atoms with E-state index >= 15 is 0 Å². The number of hydrogen-bond donors (Lipinski definition) is 0. The SMILES string of the molecule is CCCCC1CN2C(=O)CCCCC2(C)C2CCC3(C)C(c4cncc(CC)c4)=CCC3C12. The Labute approximate surface area is 201 Å². The van der Waals surface area contributed by atoms with Crippen molar-refractivity contribution in [2.24, 2.45) is 29.1 Å². The van der Waals surface area contributed by atoms with E-state index < -0.39 is 0 Å². The van der Waals surface area contributed by atoms with Gasteiger partial charge in [-0.2, -0.15) is 0 Å². The Bertz CT molecular complexity index is 922. The van der Waals surface area contributed by atoms with Crippen LogP contribution in [0.15, 0.2) is 24.5 Å². The van der Waals surface area contributed by atoms with E-state index in [1.807, 2.05) is 6.20 Å². The lowest BCUT2D eigenvalue weighted by Crippen LogP contribution is -2.65. The van der Waals surface area contributed by atoms with Crippen molar-refractivity contribution in [3.63, 3.8) is 0 Å². The van der Waals surface area contributed by atoms with Crippen molar-refractivity contribution >= 4 is 11.5 Å². The van der Waals surface area contributed by atoms with E-state index in [0.717, 1.165) is 31.7 Å². The van der Waals surface area contributed by atoms with Crippen molar-refractivity contribution in [3.8, 4) is 0 Å². The fourth-order valence-corrected chi connectivity index (χ4v) is 8.54. The highest BCUT2D eigenvalue weighted by Crippen LogP contribution is 2.65. The van der Waals surface area contributed by atoms with Crippen LogP contribution in [0.3, 0.4) is 0 Å². The summed E-state index contributed by atoms with van der Waals surface area (Å²) in [5.74, 6) is 3.19. The van der Waals surface area contributed by atoms with E-state index in [-0.39, 0.29) is 11.0 Å². The molecule has 1 aromatic heterocycles. The first-order chi connectivity index (χ1) is 15.9. The Morgan fingerprint density at radius 2 is 1.97 bits per heavy atom. The maximum Gasteiger partial charge on any atom is 0.223 e. The minimum Gasteiger partial charge on any atom is -0.337 e. The van der Waals surface area contributed by atoms with Gasteiger partial charge in [0.05, 0.1) is 0 Å². The van der Waals surface area contributed by atoms with Crippen molar-refractivity contribution in [1.82, 2.24) is 9.88 Å². The lowest BCUT2D eigenvalue weighted by atomic mass is 9.49. The molecular weight excluding hydrogens is 404 g/mol. The smallest absolute Gasteiger partial charge is 0.223 e. The van der Waals surface area contributed by atoms with Crippen LogP contribution in [0.2, 0.25) is 0 Å². The molecule has 3 fully saturated rings. The number of aromatic nitrogens is 1. The largest absolute Gasteiger partial charge is 0.337 e. The Morgan fingerprint density at radius 1 is 1.12 bits per heavy atom. The normalized spacial score (nSPS) is 38.2. The van der Waals surface area contributed by atoms with Gasteiger partial charge in [-0.05, 0) is 104 Å². The number of aryl methyl sites for hydroxylation is 1. The van der Waals surface area contributed by atoms with Crippen LogP contribution < -0.4 is 0 Å². The van der Waals surface area contributed by atoms with Gasteiger partial charge in [-0.25, -0.2) is 0 Å². The lowest BCUT2D eigenvalue weighted by Gasteiger charge is -2.62. The maximum absolute atomic E-state index is 13.2. The van der Waals surface area contributed by atoms with Crippen LogP contribution in [-0.2, 0) is 11.2 Å². The zero-order chi connectivity index (χ0) is 23.2.